The van der Waals surface area contributed by atoms with Gasteiger partial charge in [0.25, 0.3) is 0 Å². The van der Waals surface area contributed by atoms with E-state index in [1.165, 1.54) is 9.08 Å². The van der Waals surface area contributed by atoms with Gasteiger partial charge in [0.1, 0.15) is 0 Å². The van der Waals surface area contributed by atoms with Crippen LogP contribution >= 0.6 is 0 Å². The fourth-order valence-corrected chi connectivity index (χ4v) is 2.43. The van der Waals surface area contributed by atoms with E-state index in [9.17, 15) is 9.59 Å². The van der Waals surface area contributed by atoms with Crippen LogP contribution in [0.25, 0.3) is 5.65 Å². The summed E-state index contributed by atoms with van der Waals surface area (Å²) in [5.74, 6) is -0.107. The summed E-state index contributed by atoms with van der Waals surface area (Å²) in [4.78, 5) is 23.9. The Hall–Kier alpha value is -2.93. The van der Waals surface area contributed by atoms with Gasteiger partial charge in [0.2, 0.25) is 5.91 Å². The molecule has 0 fully saturated rings. The summed E-state index contributed by atoms with van der Waals surface area (Å²) in [7, 11) is 0. The van der Waals surface area contributed by atoms with Gasteiger partial charge in [-0.1, -0.05) is 36.4 Å². The van der Waals surface area contributed by atoms with E-state index in [-0.39, 0.29) is 18.0 Å². The second kappa shape index (κ2) is 8.25. The van der Waals surface area contributed by atoms with Crippen LogP contribution < -0.4 is 11.0 Å². The number of ether oxygens (including phenoxy) is 1. The number of rotatable bonds is 8. The number of nitrogens with one attached hydrogen (secondary N) is 1. The zero-order valence-electron chi connectivity index (χ0n) is 13.8. The fraction of sp³-hybridized carbons (Fsp3) is 0.278. The Balaban J connectivity index is 1.37. The van der Waals surface area contributed by atoms with Crippen LogP contribution in [-0.4, -0.2) is 33.2 Å². The molecule has 0 unspecified atom stereocenters. The SMILES string of the molecule is O=C(CCOCc1ccccc1)NCCn1nc2ccccn2c1=O. The molecule has 7 heteroatoms. The van der Waals surface area contributed by atoms with Crippen molar-refractivity contribution in [3.8, 4) is 0 Å². The minimum atomic E-state index is -0.212. The molecule has 0 spiro atoms. The predicted molar refractivity (Wildman–Crippen MR) is 93.2 cm³/mol. The van der Waals surface area contributed by atoms with Crippen LogP contribution in [0.3, 0.4) is 0 Å². The van der Waals surface area contributed by atoms with Gasteiger partial charge in [-0.15, -0.1) is 5.10 Å². The number of carbonyl (C=O) groups excluding carboxylic acids is 1. The summed E-state index contributed by atoms with van der Waals surface area (Å²) >= 11 is 0. The molecule has 0 aliphatic carbocycles. The lowest BCUT2D eigenvalue weighted by Gasteiger charge is -2.06. The molecule has 1 N–H and O–H groups in total. The summed E-state index contributed by atoms with van der Waals surface area (Å²) in [6, 6.07) is 15.2. The van der Waals surface area contributed by atoms with Gasteiger partial charge in [0.15, 0.2) is 5.65 Å². The standard InChI is InChI=1S/C18H20N4O3/c23-17(9-13-25-14-15-6-2-1-3-7-15)19-10-12-22-18(24)21-11-5-4-8-16(21)20-22/h1-8,11H,9-10,12-14H2,(H,19,23). The monoisotopic (exact) mass is 340 g/mol. The maximum Gasteiger partial charge on any atom is 0.350 e. The summed E-state index contributed by atoms with van der Waals surface area (Å²) in [5, 5.41) is 6.98. The third-order valence-corrected chi connectivity index (χ3v) is 3.72. The smallest absolute Gasteiger partial charge is 0.350 e. The molecule has 1 amide bonds. The molecule has 2 aromatic heterocycles. The van der Waals surface area contributed by atoms with Crippen molar-refractivity contribution >= 4 is 11.6 Å². The van der Waals surface area contributed by atoms with Crippen molar-refractivity contribution in [2.24, 2.45) is 0 Å². The summed E-state index contributed by atoms with van der Waals surface area (Å²) < 4.78 is 8.30. The topological polar surface area (TPSA) is 77.6 Å². The number of benzene rings is 1. The van der Waals surface area contributed by atoms with Gasteiger partial charge < -0.3 is 10.1 Å². The van der Waals surface area contributed by atoms with Crippen molar-refractivity contribution in [1.29, 1.82) is 0 Å². The lowest BCUT2D eigenvalue weighted by atomic mass is 10.2. The molecule has 0 radical (unpaired) electrons. The molecule has 0 atom stereocenters. The molecule has 2 heterocycles. The van der Waals surface area contributed by atoms with E-state index in [4.69, 9.17) is 4.74 Å². The van der Waals surface area contributed by atoms with Gasteiger partial charge in [0, 0.05) is 19.2 Å². The number of pyridine rings is 1. The first-order valence-electron chi connectivity index (χ1n) is 8.16. The molecule has 3 rings (SSSR count). The van der Waals surface area contributed by atoms with Gasteiger partial charge in [-0.05, 0) is 17.7 Å². The van der Waals surface area contributed by atoms with E-state index in [0.717, 1.165) is 5.56 Å². The van der Waals surface area contributed by atoms with Gasteiger partial charge >= 0.3 is 5.69 Å². The molecule has 0 aliphatic rings. The van der Waals surface area contributed by atoms with Crippen molar-refractivity contribution in [3.05, 3.63) is 70.8 Å². The third-order valence-electron chi connectivity index (χ3n) is 3.72. The van der Waals surface area contributed by atoms with Crippen LogP contribution in [-0.2, 0) is 22.7 Å². The van der Waals surface area contributed by atoms with Gasteiger partial charge in [-0.25, -0.2) is 9.48 Å². The first kappa shape index (κ1) is 16.9. The van der Waals surface area contributed by atoms with Crippen molar-refractivity contribution in [3.63, 3.8) is 0 Å². The van der Waals surface area contributed by atoms with Crippen LogP contribution in [0.15, 0.2) is 59.5 Å². The highest BCUT2D eigenvalue weighted by Gasteiger charge is 2.06. The Labute approximate surface area is 144 Å². The molecule has 1 aromatic carbocycles. The van der Waals surface area contributed by atoms with Gasteiger partial charge in [0.05, 0.1) is 19.8 Å². The Morgan fingerprint density at radius 1 is 1.12 bits per heavy atom. The Kier molecular flexibility index (Phi) is 5.58. The van der Waals surface area contributed by atoms with E-state index < -0.39 is 0 Å². The predicted octanol–water partition coefficient (Wildman–Crippen LogP) is 1.22. The fourth-order valence-electron chi connectivity index (χ4n) is 2.43. The Morgan fingerprint density at radius 3 is 2.72 bits per heavy atom. The van der Waals surface area contributed by atoms with Crippen LogP contribution in [0.1, 0.15) is 12.0 Å². The molecule has 130 valence electrons. The first-order valence-corrected chi connectivity index (χ1v) is 8.16. The quantitative estimate of drug-likeness (QED) is 0.626. The minimum absolute atomic E-state index is 0.107. The van der Waals surface area contributed by atoms with Gasteiger partial charge in [-0.2, -0.15) is 0 Å². The number of hydrogen-bond acceptors (Lipinski definition) is 4. The second-order valence-corrected chi connectivity index (χ2v) is 5.57. The van der Waals surface area contributed by atoms with Crippen LogP contribution in [0, 0.1) is 0 Å². The van der Waals surface area contributed by atoms with Crippen molar-refractivity contribution in [2.45, 2.75) is 19.6 Å². The van der Waals surface area contributed by atoms with E-state index >= 15 is 0 Å². The normalized spacial score (nSPS) is 10.9. The van der Waals surface area contributed by atoms with E-state index in [1.54, 1.807) is 18.3 Å². The number of nitrogens with zero attached hydrogens (tertiary/aromatic N) is 3. The number of hydrogen-bond donors (Lipinski definition) is 1. The average molecular weight is 340 g/mol. The third kappa shape index (κ3) is 4.54. The molecule has 0 aliphatic heterocycles. The van der Waals surface area contributed by atoms with E-state index in [2.05, 4.69) is 10.4 Å². The van der Waals surface area contributed by atoms with Crippen molar-refractivity contribution in [1.82, 2.24) is 19.5 Å². The van der Waals surface area contributed by atoms with Crippen LogP contribution in [0.2, 0.25) is 0 Å². The molecule has 25 heavy (non-hydrogen) atoms. The van der Waals surface area contributed by atoms with E-state index in [1.807, 2.05) is 36.4 Å². The molecular formula is C18H20N4O3. The first-order chi connectivity index (χ1) is 12.2. The zero-order valence-corrected chi connectivity index (χ0v) is 13.8. The van der Waals surface area contributed by atoms with Crippen LogP contribution in [0.4, 0.5) is 0 Å². The molecule has 0 saturated carbocycles. The molecular weight excluding hydrogens is 320 g/mol. The van der Waals surface area contributed by atoms with Crippen LogP contribution in [0.5, 0.6) is 0 Å². The Morgan fingerprint density at radius 2 is 1.92 bits per heavy atom. The van der Waals surface area contributed by atoms with Gasteiger partial charge in [-0.3, -0.25) is 9.20 Å². The highest BCUT2D eigenvalue weighted by atomic mass is 16.5. The van der Waals surface area contributed by atoms with Crippen molar-refractivity contribution in [2.75, 3.05) is 13.2 Å². The number of carbonyl (C=O) groups is 1. The molecule has 7 nitrogen and oxygen atoms in total. The van der Waals surface area contributed by atoms with Crippen molar-refractivity contribution < 1.29 is 9.53 Å². The highest BCUT2D eigenvalue weighted by Crippen LogP contribution is 2.00. The number of amides is 1. The lowest BCUT2D eigenvalue weighted by molar-refractivity contribution is -0.122. The Bertz CT molecular complexity index is 886. The minimum Gasteiger partial charge on any atom is -0.376 e. The lowest BCUT2D eigenvalue weighted by Crippen LogP contribution is -2.31. The maximum absolute atomic E-state index is 12.1. The number of aromatic nitrogens is 3. The molecule has 3 aromatic rings. The molecule has 0 saturated heterocycles. The summed E-state index contributed by atoms with van der Waals surface area (Å²) in [6.07, 6.45) is 1.96. The van der Waals surface area contributed by atoms with E-state index in [0.29, 0.717) is 32.0 Å². The zero-order chi connectivity index (χ0) is 17.5. The largest absolute Gasteiger partial charge is 0.376 e. The summed E-state index contributed by atoms with van der Waals surface area (Å²) in [5.41, 5.74) is 1.46. The molecule has 0 bridgehead atoms. The summed E-state index contributed by atoms with van der Waals surface area (Å²) in [6.45, 7) is 1.53. The highest BCUT2D eigenvalue weighted by molar-refractivity contribution is 5.75. The maximum atomic E-state index is 12.1. The average Bonchev–Trinajstić information content (AvgIpc) is 2.96. The number of fused-ring (bicyclic) bond motifs is 1. The second-order valence-electron chi connectivity index (χ2n) is 5.57.